The van der Waals surface area contributed by atoms with Gasteiger partial charge in [0.25, 0.3) is 0 Å². The fraction of sp³-hybridized carbons (Fsp3) is 0.556. The van der Waals surface area contributed by atoms with Crippen molar-refractivity contribution in [2.45, 2.75) is 23.3 Å². The zero-order valence-electron chi connectivity index (χ0n) is 7.79. The van der Waals surface area contributed by atoms with Crippen molar-refractivity contribution in [3.8, 4) is 0 Å². The quantitative estimate of drug-likeness (QED) is 0.809. The van der Waals surface area contributed by atoms with Gasteiger partial charge in [0.1, 0.15) is 0 Å². The summed E-state index contributed by atoms with van der Waals surface area (Å²) in [5.74, 6) is 0.607. The van der Waals surface area contributed by atoms with Gasteiger partial charge < -0.3 is 5.73 Å². The van der Waals surface area contributed by atoms with E-state index in [1.165, 1.54) is 4.21 Å². The molecule has 2 N–H and O–H groups in total. The molecule has 0 aliphatic carbocycles. The Labute approximate surface area is 92.7 Å². The van der Waals surface area contributed by atoms with Gasteiger partial charge in [0.2, 0.25) is 0 Å². The molecule has 1 aromatic rings. The highest BCUT2D eigenvalue weighted by Gasteiger charge is 2.13. The van der Waals surface area contributed by atoms with Gasteiger partial charge in [0.05, 0.1) is 8.55 Å². The molecule has 74 valence electrons. The number of thioether (sulfide) groups is 1. The maximum Gasteiger partial charge on any atom is 0.0940 e. The lowest BCUT2D eigenvalue weighted by Crippen LogP contribution is -2.21. The molecule has 0 spiro atoms. The molecule has 13 heavy (non-hydrogen) atoms. The molecule has 0 fully saturated rings. The Bertz CT molecular complexity index is 260. The molecule has 1 rings (SSSR count). The third-order valence-corrected chi connectivity index (χ3v) is 4.76. The molecule has 4 heteroatoms. The third kappa shape index (κ3) is 3.50. The van der Waals surface area contributed by atoms with Gasteiger partial charge in [-0.25, -0.2) is 0 Å². The van der Waals surface area contributed by atoms with E-state index in [9.17, 15) is 0 Å². The molecule has 0 radical (unpaired) electrons. The average molecular weight is 236 g/mol. The van der Waals surface area contributed by atoms with Crippen LogP contribution in [-0.4, -0.2) is 11.8 Å². The Balaban J connectivity index is 2.56. The Hall–Kier alpha value is 0.300. The summed E-state index contributed by atoms with van der Waals surface area (Å²) in [5, 5.41) is 0.495. The highest BCUT2D eigenvalue weighted by molar-refractivity contribution is 8.01. The summed E-state index contributed by atoms with van der Waals surface area (Å²) in [6.45, 7) is 5.11. The van der Waals surface area contributed by atoms with Gasteiger partial charge in [0, 0.05) is 11.8 Å². The summed E-state index contributed by atoms with van der Waals surface area (Å²) in [6, 6.07) is 3.99. The Morgan fingerprint density at radius 3 is 2.62 bits per heavy atom. The minimum atomic E-state index is 0.495. The van der Waals surface area contributed by atoms with Crippen LogP contribution in [-0.2, 0) is 0 Å². The Morgan fingerprint density at radius 2 is 2.23 bits per heavy atom. The lowest BCUT2D eigenvalue weighted by molar-refractivity contribution is 0.613. The summed E-state index contributed by atoms with van der Waals surface area (Å²) in [4.78, 5) is 0. The topological polar surface area (TPSA) is 26.0 Å². The van der Waals surface area contributed by atoms with Gasteiger partial charge >= 0.3 is 0 Å². The molecule has 1 heterocycles. The van der Waals surface area contributed by atoms with E-state index in [1.807, 2.05) is 17.8 Å². The molecule has 0 aromatic carbocycles. The summed E-state index contributed by atoms with van der Waals surface area (Å²) < 4.78 is 2.11. The highest BCUT2D eigenvalue weighted by atomic mass is 35.5. The van der Waals surface area contributed by atoms with Crippen molar-refractivity contribution in [1.82, 2.24) is 0 Å². The predicted molar refractivity (Wildman–Crippen MR) is 62.9 cm³/mol. The van der Waals surface area contributed by atoms with Gasteiger partial charge in [-0.15, -0.1) is 23.1 Å². The van der Waals surface area contributed by atoms with Gasteiger partial charge in [-0.1, -0.05) is 25.4 Å². The van der Waals surface area contributed by atoms with E-state index in [-0.39, 0.29) is 0 Å². The van der Waals surface area contributed by atoms with Crippen LogP contribution >= 0.6 is 34.7 Å². The van der Waals surface area contributed by atoms with Crippen LogP contribution in [0.15, 0.2) is 16.3 Å². The second-order valence-electron chi connectivity index (χ2n) is 3.19. The van der Waals surface area contributed by atoms with Gasteiger partial charge in [-0.3, -0.25) is 0 Å². The summed E-state index contributed by atoms with van der Waals surface area (Å²) in [7, 11) is 0. The van der Waals surface area contributed by atoms with Crippen molar-refractivity contribution < 1.29 is 0 Å². The monoisotopic (exact) mass is 235 g/mol. The first-order chi connectivity index (χ1) is 6.13. The first-order valence-electron chi connectivity index (χ1n) is 4.25. The highest BCUT2D eigenvalue weighted by Crippen LogP contribution is 2.34. The molecule has 1 unspecified atom stereocenters. The van der Waals surface area contributed by atoms with E-state index in [0.717, 1.165) is 10.9 Å². The van der Waals surface area contributed by atoms with Crippen LogP contribution in [0.4, 0.5) is 0 Å². The average Bonchev–Trinajstić information content (AvgIpc) is 2.46. The molecule has 0 aliphatic heterocycles. The van der Waals surface area contributed by atoms with Crippen LogP contribution in [0.2, 0.25) is 4.34 Å². The van der Waals surface area contributed by atoms with Crippen LogP contribution < -0.4 is 5.73 Å². The third-order valence-electron chi connectivity index (χ3n) is 1.79. The molecule has 0 aliphatic rings. The second-order valence-corrected chi connectivity index (χ2v) is 6.45. The smallest absolute Gasteiger partial charge is 0.0940 e. The van der Waals surface area contributed by atoms with Crippen molar-refractivity contribution in [2.24, 2.45) is 11.7 Å². The largest absolute Gasteiger partial charge is 0.329 e. The van der Waals surface area contributed by atoms with Crippen LogP contribution in [0.25, 0.3) is 0 Å². The zero-order valence-corrected chi connectivity index (χ0v) is 10.2. The Kier molecular flexibility index (Phi) is 4.59. The lowest BCUT2D eigenvalue weighted by atomic mass is 10.1. The van der Waals surface area contributed by atoms with Gasteiger partial charge in [-0.05, 0) is 18.1 Å². The summed E-state index contributed by atoms with van der Waals surface area (Å²) in [5.41, 5.74) is 5.68. The molecular weight excluding hydrogens is 222 g/mol. The number of halogens is 1. The zero-order chi connectivity index (χ0) is 9.84. The van der Waals surface area contributed by atoms with Gasteiger partial charge in [-0.2, -0.15) is 0 Å². The maximum atomic E-state index is 5.84. The van der Waals surface area contributed by atoms with E-state index < -0.39 is 0 Å². The minimum absolute atomic E-state index is 0.495. The fourth-order valence-corrected chi connectivity index (χ4v) is 3.53. The second kappa shape index (κ2) is 5.25. The molecule has 0 saturated heterocycles. The standard InChI is InChI=1S/C9H14ClNS2/c1-6(2)7(5-11)12-9-4-3-8(10)13-9/h3-4,6-7H,5,11H2,1-2H3. The van der Waals surface area contributed by atoms with Crippen molar-refractivity contribution >= 4 is 34.7 Å². The van der Waals surface area contributed by atoms with E-state index in [2.05, 4.69) is 19.9 Å². The fourth-order valence-electron chi connectivity index (χ4n) is 0.967. The van der Waals surface area contributed by atoms with E-state index in [4.69, 9.17) is 17.3 Å². The predicted octanol–water partition coefficient (Wildman–Crippen LogP) is 3.48. The maximum absolute atomic E-state index is 5.84. The number of rotatable bonds is 4. The SMILES string of the molecule is CC(C)C(CN)Sc1ccc(Cl)s1. The van der Waals surface area contributed by atoms with Crippen molar-refractivity contribution in [2.75, 3.05) is 6.54 Å². The first kappa shape index (κ1) is 11.4. The first-order valence-corrected chi connectivity index (χ1v) is 6.33. The summed E-state index contributed by atoms with van der Waals surface area (Å²) in [6.07, 6.45) is 0. The lowest BCUT2D eigenvalue weighted by Gasteiger charge is -2.16. The Morgan fingerprint density at radius 1 is 1.54 bits per heavy atom. The van der Waals surface area contributed by atoms with Crippen molar-refractivity contribution in [3.63, 3.8) is 0 Å². The molecular formula is C9H14ClNS2. The molecule has 1 aromatic heterocycles. The van der Waals surface area contributed by atoms with E-state index in [0.29, 0.717) is 11.2 Å². The van der Waals surface area contributed by atoms with Crippen molar-refractivity contribution in [1.29, 1.82) is 0 Å². The number of hydrogen-bond donors (Lipinski definition) is 1. The van der Waals surface area contributed by atoms with E-state index in [1.54, 1.807) is 11.3 Å². The normalized spacial score (nSPS) is 13.6. The van der Waals surface area contributed by atoms with Crippen LogP contribution in [0.1, 0.15) is 13.8 Å². The van der Waals surface area contributed by atoms with Crippen molar-refractivity contribution in [3.05, 3.63) is 16.5 Å². The summed E-state index contributed by atoms with van der Waals surface area (Å²) >= 11 is 9.29. The number of thiophene rings is 1. The van der Waals surface area contributed by atoms with Crippen LogP contribution in [0, 0.1) is 5.92 Å². The number of nitrogens with two attached hydrogens (primary N) is 1. The van der Waals surface area contributed by atoms with Crippen LogP contribution in [0.3, 0.4) is 0 Å². The molecule has 1 atom stereocenters. The number of hydrogen-bond acceptors (Lipinski definition) is 3. The molecule has 0 bridgehead atoms. The molecule has 0 amide bonds. The van der Waals surface area contributed by atoms with Crippen LogP contribution in [0.5, 0.6) is 0 Å². The van der Waals surface area contributed by atoms with E-state index >= 15 is 0 Å². The minimum Gasteiger partial charge on any atom is -0.329 e. The van der Waals surface area contributed by atoms with Gasteiger partial charge in [0.15, 0.2) is 0 Å². The molecule has 0 saturated carbocycles. The molecule has 1 nitrogen and oxygen atoms in total.